The summed E-state index contributed by atoms with van der Waals surface area (Å²) in [5.74, 6) is 0.156. The predicted octanol–water partition coefficient (Wildman–Crippen LogP) is 4.48. The molecule has 8 heteroatoms. The molecule has 1 aromatic heterocycles. The molecular weight excluding hydrogens is 333 g/mol. The van der Waals surface area contributed by atoms with Crippen LogP contribution >= 0.6 is 11.8 Å². The van der Waals surface area contributed by atoms with E-state index < -0.39 is 11.7 Å². The molecule has 0 aliphatic rings. The molecule has 1 N–H and O–H groups in total. The van der Waals surface area contributed by atoms with Crippen molar-refractivity contribution in [2.24, 2.45) is 0 Å². The number of nitrogens with one attached hydrogen (secondary N) is 1. The number of hydrogen-bond acceptors (Lipinski definition) is 6. The highest BCUT2D eigenvalue weighted by Crippen LogP contribution is 2.29. The Hall–Kier alpha value is -2.35. The van der Waals surface area contributed by atoms with Crippen molar-refractivity contribution >= 4 is 23.5 Å². The van der Waals surface area contributed by atoms with Gasteiger partial charge in [0.2, 0.25) is 5.88 Å². The van der Waals surface area contributed by atoms with Gasteiger partial charge in [-0.05, 0) is 51.3 Å². The van der Waals surface area contributed by atoms with Crippen molar-refractivity contribution < 1.29 is 18.7 Å². The lowest BCUT2D eigenvalue weighted by atomic mass is 10.2. The molecule has 0 atom stereocenters. The average Bonchev–Trinajstić information content (AvgIpc) is 2.49. The molecule has 1 amide bonds. The first-order chi connectivity index (χ1) is 11.3. The number of hydrogen-bond donors (Lipinski definition) is 1. The third-order valence-corrected chi connectivity index (χ3v) is 3.14. The van der Waals surface area contributed by atoms with E-state index in [2.05, 4.69) is 15.3 Å². The number of ether oxygens (including phenoxy) is 2. The first-order valence-corrected chi connectivity index (χ1v) is 8.34. The number of rotatable bonds is 4. The van der Waals surface area contributed by atoms with Crippen molar-refractivity contribution in [3.8, 4) is 11.6 Å². The molecule has 0 spiro atoms. The maximum absolute atomic E-state index is 13.0. The van der Waals surface area contributed by atoms with Crippen LogP contribution in [0.25, 0.3) is 0 Å². The molecule has 1 aromatic carbocycles. The molecule has 0 aliphatic carbocycles. The van der Waals surface area contributed by atoms with Crippen molar-refractivity contribution in [3.05, 3.63) is 36.3 Å². The van der Waals surface area contributed by atoms with Gasteiger partial charge < -0.3 is 9.47 Å². The second-order valence-electron chi connectivity index (χ2n) is 5.76. The minimum absolute atomic E-state index is 0.145. The fourth-order valence-electron chi connectivity index (χ4n) is 1.64. The van der Waals surface area contributed by atoms with E-state index in [1.807, 2.05) is 6.26 Å². The van der Waals surface area contributed by atoms with Gasteiger partial charge in [-0.1, -0.05) is 11.8 Å². The van der Waals surface area contributed by atoms with Crippen LogP contribution in [-0.4, -0.2) is 27.9 Å². The quantitative estimate of drug-likeness (QED) is 0.647. The van der Waals surface area contributed by atoms with E-state index in [0.29, 0.717) is 10.9 Å². The summed E-state index contributed by atoms with van der Waals surface area (Å²) in [6, 6.07) is 5.47. The van der Waals surface area contributed by atoms with Gasteiger partial charge in [0.05, 0.1) is 6.20 Å². The molecular formula is C16H18FN3O3S. The molecule has 6 nitrogen and oxygen atoms in total. The van der Waals surface area contributed by atoms with E-state index in [9.17, 15) is 9.18 Å². The molecule has 2 rings (SSSR count). The van der Waals surface area contributed by atoms with E-state index >= 15 is 0 Å². The maximum atomic E-state index is 13.0. The summed E-state index contributed by atoms with van der Waals surface area (Å²) >= 11 is 1.33. The fraction of sp³-hybridized carbons (Fsp3) is 0.312. The standard InChI is InChI=1S/C16H18FN3O3S/c1-16(2,3)23-15(21)19-12-9-18-14(24-4)20-13(12)22-11-7-5-10(17)6-8-11/h5-9H,1-4H3,(H,19,21). The largest absolute Gasteiger partial charge is 0.444 e. The Balaban J connectivity index is 2.24. The van der Waals surface area contributed by atoms with Gasteiger partial charge >= 0.3 is 6.09 Å². The van der Waals surface area contributed by atoms with E-state index in [1.54, 1.807) is 20.8 Å². The monoisotopic (exact) mass is 351 g/mol. The Kier molecular flexibility index (Phi) is 5.61. The van der Waals surface area contributed by atoms with Crippen LogP contribution in [0.15, 0.2) is 35.6 Å². The Bertz CT molecular complexity index is 717. The van der Waals surface area contributed by atoms with E-state index in [1.165, 1.54) is 42.2 Å². The van der Waals surface area contributed by atoms with Crippen molar-refractivity contribution in [1.82, 2.24) is 9.97 Å². The molecule has 0 saturated heterocycles. The van der Waals surface area contributed by atoms with E-state index in [4.69, 9.17) is 9.47 Å². The highest BCUT2D eigenvalue weighted by atomic mass is 32.2. The number of carbonyl (C=O) groups is 1. The van der Waals surface area contributed by atoms with Crippen molar-refractivity contribution in [3.63, 3.8) is 0 Å². The number of aromatic nitrogens is 2. The number of anilines is 1. The average molecular weight is 351 g/mol. The predicted molar refractivity (Wildman–Crippen MR) is 90.1 cm³/mol. The molecule has 128 valence electrons. The Labute approximate surface area is 143 Å². The van der Waals surface area contributed by atoms with Crippen LogP contribution in [0.3, 0.4) is 0 Å². The zero-order valence-corrected chi connectivity index (χ0v) is 14.6. The molecule has 0 radical (unpaired) electrons. The van der Waals surface area contributed by atoms with Gasteiger partial charge in [0.15, 0.2) is 5.16 Å². The number of thioether (sulfide) groups is 1. The fourth-order valence-corrected chi connectivity index (χ4v) is 1.97. The zero-order chi connectivity index (χ0) is 17.7. The molecule has 0 fully saturated rings. The molecule has 0 aliphatic heterocycles. The van der Waals surface area contributed by atoms with Gasteiger partial charge in [-0.3, -0.25) is 5.32 Å². The minimum Gasteiger partial charge on any atom is -0.444 e. The highest BCUT2D eigenvalue weighted by Gasteiger charge is 2.19. The molecule has 0 saturated carbocycles. The minimum atomic E-state index is -0.646. The Morgan fingerprint density at radius 2 is 1.92 bits per heavy atom. The zero-order valence-electron chi connectivity index (χ0n) is 13.8. The lowest BCUT2D eigenvalue weighted by molar-refractivity contribution is 0.0635. The van der Waals surface area contributed by atoms with Crippen molar-refractivity contribution in [1.29, 1.82) is 0 Å². The molecule has 2 aromatic rings. The summed E-state index contributed by atoms with van der Waals surface area (Å²) in [6.07, 6.45) is 2.60. The maximum Gasteiger partial charge on any atom is 0.412 e. The number of benzene rings is 1. The highest BCUT2D eigenvalue weighted by molar-refractivity contribution is 7.98. The first kappa shape index (κ1) is 18.0. The SMILES string of the molecule is CSc1ncc(NC(=O)OC(C)(C)C)c(Oc2ccc(F)cc2)n1. The molecule has 1 heterocycles. The lowest BCUT2D eigenvalue weighted by Crippen LogP contribution is -2.27. The van der Waals surface area contributed by atoms with Crippen LogP contribution < -0.4 is 10.1 Å². The molecule has 24 heavy (non-hydrogen) atoms. The summed E-state index contributed by atoms with van der Waals surface area (Å²) in [4.78, 5) is 20.3. The lowest BCUT2D eigenvalue weighted by Gasteiger charge is -2.20. The van der Waals surface area contributed by atoms with Crippen LogP contribution in [0.5, 0.6) is 11.6 Å². The van der Waals surface area contributed by atoms with Crippen LogP contribution in [0.4, 0.5) is 14.9 Å². The summed E-state index contributed by atoms with van der Waals surface area (Å²) in [6.45, 7) is 5.28. The van der Waals surface area contributed by atoms with Gasteiger partial charge in [0.1, 0.15) is 22.9 Å². The van der Waals surface area contributed by atoms with Gasteiger partial charge in [0, 0.05) is 0 Å². The van der Waals surface area contributed by atoms with Gasteiger partial charge in [-0.15, -0.1) is 0 Å². The second-order valence-corrected chi connectivity index (χ2v) is 6.53. The Morgan fingerprint density at radius 3 is 2.50 bits per heavy atom. The number of carbonyl (C=O) groups excluding carboxylic acids is 1. The first-order valence-electron chi connectivity index (χ1n) is 7.11. The van der Waals surface area contributed by atoms with Crippen molar-refractivity contribution in [2.45, 2.75) is 31.5 Å². The van der Waals surface area contributed by atoms with Gasteiger partial charge in [-0.25, -0.2) is 14.2 Å². The van der Waals surface area contributed by atoms with Crippen LogP contribution in [0.1, 0.15) is 20.8 Å². The number of amides is 1. The topological polar surface area (TPSA) is 73.3 Å². The van der Waals surface area contributed by atoms with Gasteiger partial charge in [0.25, 0.3) is 0 Å². The van der Waals surface area contributed by atoms with E-state index in [-0.39, 0.29) is 17.4 Å². The normalized spacial score (nSPS) is 11.0. The summed E-state index contributed by atoms with van der Waals surface area (Å²) in [5.41, 5.74) is -0.381. The third-order valence-electron chi connectivity index (χ3n) is 2.58. The van der Waals surface area contributed by atoms with E-state index in [0.717, 1.165) is 0 Å². The summed E-state index contributed by atoms with van der Waals surface area (Å²) < 4.78 is 23.8. The van der Waals surface area contributed by atoms with Crippen LogP contribution in [0, 0.1) is 5.82 Å². The van der Waals surface area contributed by atoms with Gasteiger partial charge in [-0.2, -0.15) is 4.98 Å². The smallest absolute Gasteiger partial charge is 0.412 e. The van der Waals surface area contributed by atoms with Crippen LogP contribution in [0.2, 0.25) is 0 Å². The molecule has 0 unspecified atom stereocenters. The third kappa shape index (κ3) is 5.38. The Morgan fingerprint density at radius 1 is 1.25 bits per heavy atom. The summed E-state index contributed by atoms with van der Waals surface area (Å²) in [7, 11) is 0. The van der Waals surface area contributed by atoms with Crippen molar-refractivity contribution in [2.75, 3.05) is 11.6 Å². The number of halogens is 1. The second kappa shape index (κ2) is 7.48. The number of nitrogens with zero attached hydrogens (tertiary/aromatic N) is 2. The summed E-state index contributed by atoms with van der Waals surface area (Å²) in [5, 5.41) is 3.03. The van der Waals surface area contributed by atoms with Crippen LogP contribution in [-0.2, 0) is 4.74 Å². The molecule has 0 bridgehead atoms.